The molecule has 0 aromatic heterocycles. The van der Waals surface area contributed by atoms with Gasteiger partial charge in [0.2, 0.25) is 0 Å². The Morgan fingerprint density at radius 2 is 1.67 bits per heavy atom. The molecule has 0 aliphatic carbocycles. The zero-order valence-corrected chi connectivity index (χ0v) is 13.5. The highest BCUT2D eigenvalue weighted by atomic mass is 79.9. The summed E-state index contributed by atoms with van der Waals surface area (Å²) in [4.78, 5) is 0. The van der Waals surface area contributed by atoms with Crippen molar-refractivity contribution in [1.29, 1.82) is 0 Å². The first-order chi connectivity index (χ1) is 8.63. The van der Waals surface area contributed by atoms with E-state index in [1.807, 2.05) is 7.05 Å². The van der Waals surface area contributed by atoms with Crippen molar-refractivity contribution in [2.24, 2.45) is 0 Å². The monoisotopic (exact) mass is 367 g/mol. The van der Waals surface area contributed by atoms with Crippen LogP contribution in [0.2, 0.25) is 0 Å². The van der Waals surface area contributed by atoms with Crippen molar-refractivity contribution in [3.63, 3.8) is 0 Å². The summed E-state index contributed by atoms with van der Waals surface area (Å²) in [5.41, 5.74) is 3.77. The van der Waals surface area contributed by atoms with Crippen molar-refractivity contribution in [3.05, 3.63) is 68.1 Å². The number of benzene rings is 2. The number of rotatable bonds is 3. The minimum absolute atomic E-state index is 0.201. The van der Waals surface area contributed by atoms with Gasteiger partial charge >= 0.3 is 0 Å². The Kier molecular flexibility index (Phi) is 4.60. The highest BCUT2D eigenvalue weighted by molar-refractivity contribution is 9.10. The van der Waals surface area contributed by atoms with Gasteiger partial charge in [-0.1, -0.05) is 62.2 Å². The van der Waals surface area contributed by atoms with E-state index in [1.165, 1.54) is 21.2 Å². The fourth-order valence-electron chi connectivity index (χ4n) is 2.05. The van der Waals surface area contributed by atoms with Gasteiger partial charge in [-0.2, -0.15) is 0 Å². The van der Waals surface area contributed by atoms with E-state index in [4.69, 9.17) is 0 Å². The van der Waals surface area contributed by atoms with Crippen LogP contribution in [0.5, 0.6) is 0 Å². The molecule has 0 fully saturated rings. The lowest BCUT2D eigenvalue weighted by molar-refractivity contribution is 0.688. The van der Waals surface area contributed by atoms with Gasteiger partial charge in [-0.25, -0.2) is 0 Å². The predicted molar refractivity (Wildman–Crippen MR) is 83.9 cm³/mol. The zero-order chi connectivity index (χ0) is 13.1. The third-order valence-electron chi connectivity index (χ3n) is 3.02. The molecule has 1 atom stereocenters. The normalized spacial score (nSPS) is 12.4. The summed E-state index contributed by atoms with van der Waals surface area (Å²) >= 11 is 7.15. The first-order valence-electron chi connectivity index (χ1n) is 5.81. The number of hydrogen-bond donors (Lipinski definition) is 1. The van der Waals surface area contributed by atoms with E-state index < -0.39 is 0 Å². The molecule has 0 spiro atoms. The molecule has 0 saturated carbocycles. The Morgan fingerprint density at radius 3 is 2.28 bits per heavy atom. The minimum Gasteiger partial charge on any atom is -0.309 e. The van der Waals surface area contributed by atoms with Gasteiger partial charge < -0.3 is 5.32 Å². The molecule has 0 amide bonds. The smallest absolute Gasteiger partial charge is 0.0585 e. The first-order valence-corrected chi connectivity index (χ1v) is 7.40. The standard InChI is InChI=1S/C15H15Br2N/c1-10-4-3-5-13(14(10)17)15(18-2)11-6-8-12(16)9-7-11/h3-9,15,18H,1-2H3. The Bertz CT molecular complexity index is 535. The molecule has 0 heterocycles. The van der Waals surface area contributed by atoms with E-state index in [-0.39, 0.29) is 6.04 Å². The maximum atomic E-state index is 3.68. The van der Waals surface area contributed by atoms with Crippen LogP contribution < -0.4 is 5.32 Å². The third-order valence-corrected chi connectivity index (χ3v) is 4.64. The second-order valence-corrected chi connectivity index (χ2v) is 5.96. The Hall–Kier alpha value is -0.640. The van der Waals surface area contributed by atoms with Gasteiger partial charge in [-0.05, 0) is 42.8 Å². The molecule has 0 aliphatic heterocycles. The molecule has 94 valence electrons. The largest absolute Gasteiger partial charge is 0.309 e. The van der Waals surface area contributed by atoms with Crippen molar-refractivity contribution < 1.29 is 0 Å². The van der Waals surface area contributed by atoms with E-state index in [0.717, 1.165) is 4.47 Å². The molecule has 18 heavy (non-hydrogen) atoms. The maximum Gasteiger partial charge on any atom is 0.0585 e. The molecule has 0 aliphatic rings. The van der Waals surface area contributed by atoms with Gasteiger partial charge in [0.25, 0.3) is 0 Å². The molecule has 3 heteroatoms. The van der Waals surface area contributed by atoms with E-state index in [0.29, 0.717) is 0 Å². The molecule has 1 nitrogen and oxygen atoms in total. The van der Waals surface area contributed by atoms with Gasteiger partial charge in [-0.15, -0.1) is 0 Å². The lowest BCUT2D eigenvalue weighted by Gasteiger charge is -2.19. The van der Waals surface area contributed by atoms with Crippen LogP contribution in [0.4, 0.5) is 0 Å². The van der Waals surface area contributed by atoms with Gasteiger partial charge in [0.15, 0.2) is 0 Å². The van der Waals surface area contributed by atoms with Crippen molar-refractivity contribution in [1.82, 2.24) is 5.32 Å². The molecule has 0 radical (unpaired) electrons. The minimum atomic E-state index is 0.201. The second-order valence-electron chi connectivity index (χ2n) is 4.25. The fraction of sp³-hybridized carbons (Fsp3) is 0.200. The van der Waals surface area contributed by atoms with Crippen LogP contribution >= 0.6 is 31.9 Å². The van der Waals surface area contributed by atoms with Gasteiger partial charge in [0.05, 0.1) is 6.04 Å². The second kappa shape index (κ2) is 6.00. The van der Waals surface area contributed by atoms with E-state index in [2.05, 4.69) is 86.6 Å². The average molecular weight is 369 g/mol. The summed E-state index contributed by atoms with van der Waals surface area (Å²) in [5.74, 6) is 0. The van der Waals surface area contributed by atoms with E-state index in [9.17, 15) is 0 Å². The molecule has 2 aromatic carbocycles. The van der Waals surface area contributed by atoms with Crippen LogP contribution in [0.25, 0.3) is 0 Å². The third kappa shape index (κ3) is 2.85. The number of halogens is 2. The van der Waals surface area contributed by atoms with Gasteiger partial charge in [0, 0.05) is 8.95 Å². The first kappa shape index (κ1) is 13.8. The summed E-state index contributed by atoms with van der Waals surface area (Å²) in [7, 11) is 1.99. The lowest BCUT2D eigenvalue weighted by atomic mass is 9.97. The molecule has 2 rings (SSSR count). The van der Waals surface area contributed by atoms with Crippen molar-refractivity contribution in [3.8, 4) is 0 Å². The molecular weight excluding hydrogens is 354 g/mol. The summed E-state index contributed by atoms with van der Waals surface area (Å²) in [5, 5.41) is 3.38. The SMILES string of the molecule is CNC(c1ccc(Br)cc1)c1cccc(C)c1Br. The molecule has 2 aromatic rings. The lowest BCUT2D eigenvalue weighted by Crippen LogP contribution is -2.18. The van der Waals surface area contributed by atoms with Crippen LogP contribution in [0.3, 0.4) is 0 Å². The van der Waals surface area contributed by atoms with E-state index in [1.54, 1.807) is 0 Å². The Balaban J connectivity index is 2.45. The highest BCUT2D eigenvalue weighted by Gasteiger charge is 2.15. The van der Waals surface area contributed by atoms with Crippen LogP contribution in [-0.2, 0) is 0 Å². The summed E-state index contributed by atoms with van der Waals surface area (Å²) in [6.07, 6.45) is 0. The topological polar surface area (TPSA) is 12.0 Å². The van der Waals surface area contributed by atoms with Crippen molar-refractivity contribution in [2.45, 2.75) is 13.0 Å². The predicted octanol–water partition coefficient (Wildman–Crippen LogP) is 4.83. The number of hydrogen-bond acceptors (Lipinski definition) is 1. The van der Waals surface area contributed by atoms with Crippen molar-refractivity contribution in [2.75, 3.05) is 7.05 Å². The van der Waals surface area contributed by atoms with Crippen LogP contribution in [0.15, 0.2) is 51.4 Å². The van der Waals surface area contributed by atoms with E-state index >= 15 is 0 Å². The molecular formula is C15H15Br2N. The van der Waals surface area contributed by atoms with Gasteiger partial charge in [-0.3, -0.25) is 0 Å². The van der Waals surface area contributed by atoms with Crippen molar-refractivity contribution >= 4 is 31.9 Å². The molecule has 1 N–H and O–H groups in total. The quantitative estimate of drug-likeness (QED) is 0.818. The van der Waals surface area contributed by atoms with Crippen LogP contribution in [0, 0.1) is 6.92 Å². The fourth-order valence-corrected chi connectivity index (χ4v) is 2.81. The molecule has 1 unspecified atom stereocenters. The summed E-state index contributed by atoms with van der Waals surface area (Å²) in [6.45, 7) is 2.11. The maximum absolute atomic E-state index is 3.68. The average Bonchev–Trinajstić information content (AvgIpc) is 2.37. The summed E-state index contributed by atoms with van der Waals surface area (Å²) < 4.78 is 2.27. The van der Waals surface area contributed by atoms with Crippen LogP contribution in [0.1, 0.15) is 22.7 Å². The molecule has 0 saturated heterocycles. The number of aryl methyl sites for hydroxylation is 1. The Morgan fingerprint density at radius 1 is 1.00 bits per heavy atom. The summed E-state index contributed by atoms with van der Waals surface area (Å²) in [6, 6.07) is 15.0. The van der Waals surface area contributed by atoms with Gasteiger partial charge in [0.1, 0.15) is 0 Å². The molecule has 0 bridgehead atoms. The number of nitrogens with one attached hydrogen (secondary N) is 1. The Labute approximate surface area is 125 Å². The highest BCUT2D eigenvalue weighted by Crippen LogP contribution is 2.31. The van der Waals surface area contributed by atoms with Crippen LogP contribution in [-0.4, -0.2) is 7.05 Å². The zero-order valence-electron chi connectivity index (χ0n) is 10.4.